The van der Waals surface area contributed by atoms with Gasteiger partial charge in [-0.1, -0.05) is 31.6 Å². The fourth-order valence-corrected chi connectivity index (χ4v) is 3.29. The van der Waals surface area contributed by atoms with Gasteiger partial charge in [0.25, 0.3) is 0 Å². The lowest BCUT2D eigenvalue weighted by atomic mass is 9.80. The van der Waals surface area contributed by atoms with E-state index >= 15 is 0 Å². The maximum Gasteiger partial charge on any atom is 0.338 e. The minimum Gasteiger partial charge on any atom is -0.504 e. The van der Waals surface area contributed by atoms with Crippen LogP contribution in [0, 0.1) is 5.41 Å². The number of carbonyl (C=O) groups is 1. The fraction of sp³-hybridized carbons (Fsp3) is 0.522. The Kier molecular flexibility index (Phi) is 7.30. The largest absolute Gasteiger partial charge is 0.504 e. The number of allylic oxidation sites excluding steroid dienone is 1. The van der Waals surface area contributed by atoms with Gasteiger partial charge in [-0.25, -0.2) is 4.79 Å². The van der Waals surface area contributed by atoms with Crippen molar-refractivity contribution in [2.24, 2.45) is 5.41 Å². The standard InChI is InChI=1S/C23H32O5/c1-15-7-6-12-23(3,4)21(25)13-16(2)19(11-8-15)28-22(26)17-9-10-18(24)20(14-17)27-5/h8-10,13-14,19,21,24-25H,6-7,11-12H2,1-5H3/b15-8?,16-13+/t19-,21+/m0/s1. The van der Waals surface area contributed by atoms with Crippen molar-refractivity contribution in [3.63, 3.8) is 0 Å². The Bertz CT molecular complexity index is 760. The Balaban J connectivity index is 2.28. The molecule has 0 saturated heterocycles. The van der Waals surface area contributed by atoms with Crippen LogP contribution in [0.15, 0.2) is 41.5 Å². The SMILES string of the molecule is COc1cc(C(=O)O[C@H]2CC=C(C)CCCC(C)(C)[C@H](O)/C=C/2C)ccc1O. The van der Waals surface area contributed by atoms with E-state index in [4.69, 9.17) is 9.47 Å². The Hall–Kier alpha value is -2.27. The van der Waals surface area contributed by atoms with E-state index in [9.17, 15) is 15.0 Å². The molecule has 0 saturated carbocycles. The van der Waals surface area contributed by atoms with Crippen LogP contribution < -0.4 is 4.74 Å². The molecule has 2 N–H and O–H groups in total. The average Bonchev–Trinajstić information content (AvgIpc) is 2.65. The zero-order valence-electron chi connectivity index (χ0n) is 17.5. The van der Waals surface area contributed by atoms with Crippen LogP contribution in [-0.2, 0) is 4.74 Å². The number of phenolic OH excluding ortho intramolecular Hbond substituents is 1. The van der Waals surface area contributed by atoms with E-state index in [1.807, 2.05) is 13.0 Å². The highest BCUT2D eigenvalue weighted by atomic mass is 16.5. The number of benzene rings is 1. The van der Waals surface area contributed by atoms with E-state index in [-0.39, 0.29) is 16.9 Å². The number of aromatic hydroxyl groups is 1. The molecule has 1 aromatic carbocycles. The summed E-state index contributed by atoms with van der Waals surface area (Å²) in [6.45, 7) is 8.09. The van der Waals surface area contributed by atoms with Gasteiger partial charge in [0, 0.05) is 6.42 Å². The zero-order valence-corrected chi connectivity index (χ0v) is 17.5. The second-order valence-corrected chi connectivity index (χ2v) is 8.26. The van der Waals surface area contributed by atoms with Gasteiger partial charge in [0.1, 0.15) is 6.10 Å². The summed E-state index contributed by atoms with van der Waals surface area (Å²) in [5, 5.41) is 20.4. The Morgan fingerprint density at radius 1 is 1.25 bits per heavy atom. The van der Waals surface area contributed by atoms with Gasteiger partial charge in [-0.2, -0.15) is 0 Å². The summed E-state index contributed by atoms with van der Waals surface area (Å²) < 4.78 is 10.8. The molecular weight excluding hydrogens is 356 g/mol. The molecule has 154 valence electrons. The minimum atomic E-state index is -0.610. The smallest absolute Gasteiger partial charge is 0.338 e. The molecule has 5 heteroatoms. The molecule has 0 aliphatic heterocycles. The van der Waals surface area contributed by atoms with Crippen molar-refractivity contribution < 1.29 is 24.5 Å². The topological polar surface area (TPSA) is 76.0 Å². The summed E-state index contributed by atoms with van der Waals surface area (Å²) in [6.07, 6.45) is 6.29. The third-order valence-corrected chi connectivity index (χ3v) is 5.47. The number of hydrogen-bond acceptors (Lipinski definition) is 5. The number of esters is 1. The highest BCUT2D eigenvalue weighted by Crippen LogP contribution is 2.32. The molecule has 0 bridgehead atoms. The Labute approximate surface area is 167 Å². The molecule has 2 atom stereocenters. The quantitative estimate of drug-likeness (QED) is 0.576. The van der Waals surface area contributed by atoms with Crippen LogP contribution in [0.3, 0.4) is 0 Å². The fourth-order valence-electron chi connectivity index (χ4n) is 3.29. The van der Waals surface area contributed by atoms with Gasteiger partial charge in [-0.05, 0) is 62.3 Å². The zero-order chi connectivity index (χ0) is 20.9. The first-order valence-corrected chi connectivity index (χ1v) is 9.74. The summed E-state index contributed by atoms with van der Waals surface area (Å²) >= 11 is 0. The van der Waals surface area contributed by atoms with Crippen LogP contribution in [0.4, 0.5) is 0 Å². The predicted octanol–water partition coefficient (Wildman–Crippen LogP) is 4.78. The maximum absolute atomic E-state index is 12.7. The van der Waals surface area contributed by atoms with Gasteiger partial charge in [-0.3, -0.25) is 0 Å². The number of phenols is 1. The molecule has 1 aliphatic rings. The average molecular weight is 389 g/mol. The minimum absolute atomic E-state index is 0.0334. The number of ether oxygens (including phenoxy) is 2. The molecule has 0 amide bonds. The molecule has 1 aromatic rings. The molecule has 1 aliphatic carbocycles. The summed E-state index contributed by atoms with van der Waals surface area (Å²) in [7, 11) is 1.43. The van der Waals surface area contributed by atoms with Crippen molar-refractivity contribution in [1.29, 1.82) is 0 Å². The Morgan fingerprint density at radius 2 is 1.96 bits per heavy atom. The van der Waals surface area contributed by atoms with E-state index in [0.717, 1.165) is 24.8 Å². The number of aliphatic hydroxyl groups is 1. The third-order valence-electron chi connectivity index (χ3n) is 5.47. The predicted molar refractivity (Wildman–Crippen MR) is 110 cm³/mol. The molecule has 28 heavy (non-hydrogen) atoms. The van der Waals surface area contributed by atoms with Crippen LogP contribution in [0.5, 0.6) is 11.5 Å². The Morgan fingerprint density at radius 3 is 2.64 bits per heavy atom. The molecule has 2 rings (SSSR count). The van der Waals surface area contributed by atoms with E-state index in [1.165, 1.54) is 30.9 Å². The first-order chi connectivity index (χ1) is 13.1. The second kappa shape index (κ2) is 9.28. The lowest BCUT2D eigenvalue weighted by Crippen LogP contribution is -2.29. The van der Waals surface area contributed by atoms with E-state index < -0.39 is 18.2 Å². The highest BCUT2D eigenvalue weighted by molar-refractivity contribution is 5.90. The van der Waals surface area contributed by atoms with Crippen LogP contribution in [0.1, 0.15) is 63.7 Å². The van der Waals surface area contributed by atoms with Crippen molar-refractivity contribution in [2.75, 3.05) is 7.11 Å². The van der Waals surface area contributed by atoms with E-state index in [1.54, 1.807) is 0 Å². The molecule has 0 unspecified atom stereocenters. The summed E-state index contributed by atoms with van der Waals surface area (Å²) in [5.41, 5.74) is 2.14. The van der Waals surface area contributed by atoms with Crippen LogP contribution >= 0.6 is 0 Å². The second-order valence-electron chi connectivity index (χ2n) is 8.26. The van der Waals surface area contributed by atoms with Crippen molar-refractivity contribution in [3.8, 4) is 11.5 Å². The molecule has 0 radical (unpaired) electrons. The van der Waals surface area contributed by atoms with Gasteiger partial charge in [-0.15, -0.1) is 0 Å². The van der Waals surface area contributed by atoms with Gasteiger partial charge in [0.2, 0.25) is 0 Å². The summed E-state index contributed by atoms with van der Waals surface area (Å²) in [5.74, 6) is -0.309. The third kappa shape index (κ3) is 5.61. The van der Waals surface area contributed by atoms with Gasteiger partial charge < -0.3 is 19.7 Å². The first kappa shape index (κ1) is 22.0. The van der Waals surface area contributed by atoms with Crippen molar-refractivity contribution in [2.45, 2.75) is 65.6 Å². The van der Waals surface area contributed by atoms with Crippen LogP contribution in [0.2, 0.25) is 0 Å². The molecule has 0 fully saturated rings. The van der Waals surface area contributed by atoms with Crippen molar-refractivity contribution in [3.05, 3.63) is 47.1 Å². The van der Waals surface area contributed by atoms with Crippen molar-refractivity contribution in [1.82, 2.24) is 0 Å². The number of carbonyl (C=O) groups excluding carboxylic acids is 1. The number of methoxy groups -OCH3 is 1. The van der Waals surface area contributed by atoms with Crippen molar-refractivity contribution >= 4 is 5.97 Å². The summed E-state index contributed by atoms with van der Waals surface area (Å²) in [4.78, 5) is 12.7. The van der Waals surface area contributed by atoms with Crippen LogP contribution in [0.25, 0.3) is 0 Å². The number of hydrogen-bond donors (Lipinski definition) is 2. The van der Waals surface area contributed by atoms with Gasteiger partial charge in [0.15, 0.2) is 11.5 Å². The number of rotatable bonds is 3. The highest BCUT2D eigenvalue weighted by Gasteiger charge is 2.28. The van der Waals surface area contributed by atoms with Gasteiger partial charge in [0.05, 0.1) is 18.8 Å². The van der Waals surface area contributed by atoms with E-state index in [0.29, 0.717) is 12.0 Å². The van der Waals surface area contributed by atoms with E-state index in [2.05, 4.69) is 26.8 Å². The number of aliphatic hydroxyl groups excluding tert-OH is 1. The van der Waals surface area contributed by atoms with Gasteiger partial charge >= 0.3 is 5.97 Å². The molecule has 0 heterocycles. The maximum atomic E-state index is 12.7. The molecule has 5 nitrogen and oxygen atoms in total. The first-order valence-electron chi connectivity index (χ1n) is 9.74. The van der Waals surface area contributed by atoms with Crippen LogP contribution in [-0.4, -0.2) is 35.5 Å². The normalized spacial score (nSPS) is 24.9. The monoisotopic (exact) mass is 388 g/mol. The summed E-state index contributed by atoms with van der Waals surface area (Å²) in [6, 6.07) is 4.37. The molecule has 0 aromatic heterocycles. The molecular formula is C23H32O5. The molecule has 0 spiro atoms. The lowest BCUT2D eigenvalue weighted by molar-refractivity contribution is 0.0367. The lowest BCUT2D eigenvalue weighted by Gasteiger charge is -2.29.